The molecule has 4 rings (SSSR count). The zero-order valence-electron chi connectivity index (χ0n) is 16.6. The van der Waals surface area contributed by atoms with Crippen LogP contribution in [-0.4, -0.2) is 30.5 Å². The Bertz CT molecular complexity index is 926. The van der Waals surface area contributed by atoms with Gasteiger partial charge in [-0.15, -0.1) is 18.2 Å². The number of rotatable bonds is 3. The number of ketones is 1. The standard InChI is InChI=1S/C22H25ClN2O3/c1-6-21(4)15(23)10-13-18(27)22(21,24-11-26)12-8-7-9-14-16(12)17(20(13,2)3)19(28)25(14)5/h6-9,11,13,15,17H,1,10H2,2-5H3,(H,24,26)/t13-,15+,17+,21+,22+/m0/s1. The number of carbonyl (C=O) groups is 3. The van der Waals surface area contributed by atoms with E-state index in [4.69, 9.17) is 11.6 Å². The van der Waals surface area contributed by atoms with Crippen LogP contribution in [0, 0.1) is 16.7 Å². The first-order valence-corrected chi connectivity index (χ1v) is 9.97. The first-order chi connectivity index (χ1) is 13.1. The molecule has 1 saturated carbocycles. The highest BCUT2D eigenvalue weighted by Gasteiger charge is 2.69. The first kappa shape index (κ1) is 19.2. The van der Waals surface area contributed by atoms with Gasteiger partial charge in [0.1, 0.15) is 5.54 Å². The van der Waals surface area contributed by atoms with Gasteiger partial charge < -0.3 is 10.2 Å². The topological polar surface area (TPSA) is 66.5 Å². The molecule has 1 aliphatic heterocycles. The lowest BCUT2D eigenvalue weighted by molar-refractivity contribution is -0.146. The number of nitrogens with one attached hydrogen (secondary N) is 1. The molecule has 28 heavy (non-hydrogen) atoms. The molecule has 5 atom stereocenters. The summed E-state index contributed by atoms with van der Waals surface area (Å²) in [6.07, 6.45) is 2.68. The average Bonchev–Trinajstić information content (AvgIpc) is 2.90. The molecule has 1 fully saturated rings. The van der Waals surface area contributed by atoms with Crippen molar-refractivity contribution >= 4 is 35.4 Å². The van der Waals surface area contributed by atoms with Crippen molar-refractivity contribution in [2.45, 2.75) is 44.0 Å². The Morgan fingerprint density at radius 2 is 1.96 bits per heavy atom. The molecule has 1 aromatic carbocycles. The third kappa shape index (κ3) is 1.86. The molecule has 2 bridgehead atoms. The van der Waals surface area contributed by atoms with E-state index in [0.717, 1.165) is 11.3 Å². The molecular formula is C22H25ClN2O3. The Labute approximate surface area is 170 Å². The number of halogens is 1. The molecule has 0 saturated heterocycles. The van der Waals surface area contributed by atoms with Crippen LogP contribution in [0.15, 0.2) is 30.9 Å². The fourth-order valence-electron chi connectivity index (χ4n) is 5.86. The number of hydrogen-bond donors (Lipinski definition) is 1. The van der Waals surface area contributed by atoms with Crippen molar-refractivity contribution in [2.24, 2.45) is 16.7 Å². The van der Waals surface area contributed by atoms with E-state index in [9.17, 15) is 14.4 Å². The molecule has 0 spiro atoms. The molecule has 2 aliphatic carbocycles. The third-order valence-electron chi connectivity index (χ3n) is 7.64. The molecule has 6 heteroatoms. The van der Waals surface area contributed by atoms with Crippen molar-refractivity contribution in [3.63, 3.8) is 0 Å². The number of carbonyl (C=O) groups excluding carboxylic acids is 3. The number of amides is 2. The van der Waals surface area contributed by atoms with E-state index in [0.29, 0.717) is 18.4 Å². The highest BCUT2D eigenvalue weighted by Crippen LogP contribution is 2.64. The van der Waals surface area contributed by atoms with Crippen molar-refractivity contribution in [1.29, 1.82) is 0 Å². The van der Waals surface area contributed by atoms with Gasteiger partial charge in [0.2, 0.25) is 12.3 Å². The van der Waals surface area contributed by atoms with E-state index in [1.54, 1.807) is 18.0 Å². The van der Waals surface area contributed by atoms with Gasteiger partial charge in [0, 0.05) is 29.4 Å². The van der Waals surface area contributed by atoms with Gasteiger partial charge in [0.05, 0.1) is 5.92 Å². The fraction of sp³-hybridized carbons (Fsp3) is 0.500. The predicted octanol–water partition coefficient (Wildman–Crippen LogP) is 3.12. The fourth-order valence-corrected chi connectivity index (χ4v) is 6.29. The third-order valence-corrected chi connectivity index (χ3v) is 8.28. The van der Waals surface area contributed by atoms with Gasteiger partial charge in [-0.25, -0.2) is 0 Å². The molecule has 2 amide bonds. The molecule has 148 valence electrons. The van der Waals surface area contributed by atoms with Gasteiger partial charge in [-0.2, -0.15) is 0 Å². The molecular weight excluding hydrogens is 376 g/mol. The van der Waals surface area contributed by atoms with Crippen LogP contribution in [0.3, 0.4) is 0 Å². The van der Waals surface area contributed by atoms with Crippen LogP contribution in [0.4, 0.5) is 5.69 Å². The Kier molecular flexibility index (Phi) is 3.90. The van der Waals surface area contributed by atoms with Crippen LogP contribution in [-0.2, 0) is 19.9 Å². The highest BCUT2D eigenvalue weighted by molar-refractivity contribution is 6.23. The Morgan fingerprint density at radius 3 is 2.57 bits per heavy atom. The second-order valence-corrected chi connectivity index (χ2v) is 9.54. The van der Waals surface area contributed by atoms with Gasteiger partial charge in [0.25, 0.3) is 0 Å². The summed E-state index contributed by atoms with van der Waals surface area (Å²) in [5.41, 5.74) is -0.656. The SMILES string of the molecule is C=C[C@]1(C)[C@H](Cl)C[C@H]2C(=O)[C@]1(NC=O)c1cccc3c1[C@H](C(=O)N3C)C2(C)C. The summed E-state index contributed by atoms with van der Waals surface area (Å²) in [7, 11) is 1.76. The smallest absolute Gasteiger partial charge is 0.234 e. The Hall–Kier alpha value is -2.14. The van der Waals surface area contributed by atoms with Gasteiger partial charge in [-0.1, -0.05) is 39.0 Å². The summed E-state index contributed by atoms with van der Waals surface area (Å²) < 4.78 is 0. The van der Waals surface area contributed by atoms with Crippen molar-refractivity contribution in [3.8, 4) is 0 Å². The molecule has 1 N–H and O–H groups in total. The van der Waals surface area contributed by atoms with Crippen molar-refractivity contribution < 1.29 is 14.4 Å². The summed E-state index contributed by atoms with van der Waals surface area (Å²) in [4.78, 5) is 40.8. The zero-order valence-corrected chi connectivity index (χ0v) is 17.3. The lowest BCUT2D eigenvalue weighted by atomic mass is 9.53. The minimum absolute atomic E-state index is 0.0273. The van der Waals surface area contributed by atoms with Crippen LogP contribution in [0.25, 0.3) is 0 Å². The summed E-state index contributed by atoms with van der Waals surface area (Å²) in [5.74, 6) is -1.07. The molecule has 1 heterocycles. The summed E-state index contributed by atoms with van der Waals surface area (Å²) >= 11 is 6.88. The lowest BCUT2D eigenvalue weighted by Gasteiger charge is -2.54. The first-order valence-electron chi connectivity index (χ1n) is 9.53. The second-order valence-electron chi connectivity index (χ2n) is 9.01. The summed E-state index contributed by atoms with van der Waals surface area (Å²) in [6, 6.07) is 5.57. The molecule has 0 unspecified atom stereocenters. The quantitative estimate of drug-likeness (QED) is 0.481. The van der Waals surface area contributed by atoms with Crippen LogP contribution in [0.5, 0.6) is 0 Å². The van der Waals surface area contributed by atoms with E-state index in [1.165, 1.54) is 0 Å². The minimum atomic E-state index is -1.37. The van der Waals surface area contributed by atoms with Crippen molar-refractivity contribution in [1.82, 2.24) is 5.32 Å². The lowest BCUT2D eigenvalue weighted by Crippen LogP contribution is -2.67. The maximum Gasteiger partial charge on any atom is 0.234 e. The van der Waals surface area contributed by atoms with Crippen molar-refractivity contribution in [3.05, 3.63) is 42.0 Å². The number of likely N-dealkylation sites (N-methyl/N-ethyl adjacent to an activating group) is 1. The number of Topliss-reactive ketones (excluding diaryl/α,β-unsaturated/α-hetero) is 1. The number of anilines is 1. The highest BCUT2D eigenvalue weighted by atomic mass is 35.5. The van der Waals surface area contributed by atoms with Crippen LogP contribution >= 0.6 is 11.6 Å². The molecule has 3 aliphatic rings. The normalized spacial score (nSPS) is 37.9. The van der Waals surface area contributed by atoms with E-state index in [2.05, 4.69) is 11.9 Å². The predicted molar refractivity (Wildman–Crippen MR) is 108 cm³/mol. The minimum Gasteiger partial charge on any atom is -0.342 e. The number of hydrogen-bond acceptors (Lipinski definition) is 3. The van der Waals surface area contributed by atoms with Gasteiger partial charge in [-0.3, -0.25) is 14.4 Å². The maximum atomic E-state index is 14.1. The van der Waals surface area contributed by atoms with Gasteiger partial charge >= 0.3 is 0 Å². The zero-order chi connectivity index (χ0) is 20.6. The van der Waals surface area contributed by atoms with Crippen LogP contribution in [0.1, 0.15) is 44.2 Å². The molecule has 0 aromatic heterocycles. The van der Waals surface area contributed by atoms with Gasteiger partial charge in [0.15, 0.2) is 5.78 Å². The van der Waals surface area contributed by atoms with E-state index < -0.39 is 33.6 Å². The van der Waals surface area contributed by atoms with Crippen LogP contribution in [0.2, 0.25) is 0 Å². The maximum absolute atomic E-state index is 14.1. The Balaban J connectivity index is 2.20. The summed E-state index contributed by atoms with van der Waals surface area (Å²) in [6.45, 7) is 9.78. The van der Waals surface area contributed by atoms with E-state index >= 15 is 0 Å². The second kappa shape index (κ2) is 5.69. The van der Waals surface area contributed by atoms with Crippen molar-refractivity contribution in [2.75, 3.05) is 11.9 Å². The number of nitrogens with zero attached hydrogens (tertiary/aromatic N) is 1. The largest absolute Gasteiger partial charge is 0.342 e. The number of alkyl halides is 1. The average molecular weight is 401 g/mol. The molecule has 1 aromatic rings. The van der Waals surface area contributed by atoms with Gasteiger partial charge in [-0.05, 0) is 29.0 Å². The monoisotopic (exact) mass is 400 g/mol. The number of benzene rings is 1. The van der Waals surface area contributed by atoms with Crippen LogP contribution < -0.4 is 10.2 Å². The molecule has 0 radical (unpaired) electrons. The molecule has 5 nitrogen and oxygen atoms in total. The number of fused-ring (bicyclic) bond motifs is 3. The summed E-state index contributed by atoms with van der Waals surface area (Å²) in [5, 5.41) is 2.45. The Morgan fingerprint density at radius 1 is 1.29 bits per heavy atom. The van der Waals surface area contributed by atoms with E-state index in [-0.39, 0.29) is 11.7 Å². The van der Waals surface area contributed by atoms with E-state index in [1.807, 2.05) is 39.0 Å².